The molecule has 0 fully saturated rings. The zero-order chi connectivity index (χ0) is 22.5. The van der Waals surface area contributed by atoms with E-state index in [9.17, 15) is 18.0 Å². The van der Waals surface area contributed by atoms with E-state index in [1.807, 2.05) is 0 Å². The summed E-state index contributed by atoms with van der Waals surface area (Å²) in [6, 6.07) is 10.8. The van der Waals surface area contributed by atoms with Gasteiger partial charge in [-0.15, -0.1) is 0 Å². The number of sulfonamides is 1. The fourth-order valence-electron chi connectivity index (χ4n) is 3.76. The molecule has 10 heteroatoms. The Hall–Kier alpha value is -3.56. The maximum absolute atomic E-state index is 12.9. The number of fused-ring (bicyclic) bond motifs is 2. The molecule has 5 rings (SSSR count). The van der Waals surface area contributed by atoms with E-state index in [0.717, 1.165) is 5.56 Å². The largest absolute Gasteiger partial charge is 0.462 e. The van der Waals surface area contributed by atoms with Crippen LogP contribution in [0, 0.1) is 0 Å². The first-order chi connectivity index (χ1) is 15.3. The van der Waals surface area contributed by atoms with Crippen molar-refractivity contribution >= 4 is 56.5 Å². The van der Waals surface area contributed by atoms with Crippen LogP contribution in [0.15, 0.2) is 53.6 Å². The van der Waals surface area contributed by atoms with Crippen molar-refractivity contribution in [3.63, 3.8) is 0 Å². The molecule has 3 aromatic rings. The number of aromatic amines is 1. The smallest absolute Gasteiger partial charge is 0.339 e. The van der Waals surface area contributed by atoms with Gasteiger partial charge in [0.05, 0.1) is 28.3 Å². The molecular weight excluding hydrogens is 454 g/mol. The summed E-state index contributed by atoms with van der Waals surface area (Å²) >= 11 is 5.94. The van der Waals surface area contributed by atoms with E-state index in [1.54, 1.807) is 36.5 Å². The second kappa shape index (κ2) is 7.54. The molecule has 0 unspecified atom stereocenters. The van der Waals surface area contributed by atoms with Gasteiger partial charge in [-0.25, -0.2) is 13.2 Å². The fraction of sp³-hybridized carbons (Fsp3) is 0.0909. The van der Waals surface area contributed by atoms with Gasteiger partial charge in [-0.2, -0.15) is 0 Å². The van der Waals surface area contributed by atoms with Crippen molar-refractivity contribution < 1.29 is 22.7 Å². The summed E-state index contributed by atoms with van der Waals surface area (Å²) < 4.78 is 33.3. The zero-order valence-corrected chi connectivity index (χ0v) is 18.0. The molecule has 0 radical (unpaired) electrons. The number of benzene rings is 2. The van der Waals surface area contributed by atoms with Crippen LogP contribution >= 0.6 is 11.6 Å². The molecule has 32 heavy (non-hydrogen) atoms. The number of amides is 1. The first kappa shape index (κ1) is 20.3. The molecule has 1 amide bonds. The molecule has 3 N–H and O–H groups in total. The van der Waals surface area contributed by atoms with Gasteiger partial charge < -0.3 is 15.0 Å². The Morgan fingerprint density at radius 3 is 2.75 bits per heavy atom. The molecule has 2 aromatic carbocycles. The van der Waals surface area contributed by atoms with E-state index < -0.39 is 16.0 Å². The van der Waals surface area contributed by atoms with E-state index in [0.29, 0.717) is 45.2 Å². The van der Waals surface area contributed by atoms with Crippen LogP contribution in [0.5, 0.6) is 0 Å². The molecule has 0 saturated heterocycles. The topological polar surface area (TPSA) is 117 Å². The number of esters is 1. The average molecular weight is 470 g/mol. The van der Waals surface area contributed by atoms with Crippen LogP contribution in [-0.2, 0) is 26.0 Å². The molecule has 1 aromatic heterocycles. The molecule has 162 valence electrons. The number of anilines is 2. The number of halogens is 1. The lowest BCUT2D eigenvalue weighted by molar-refractivity contribution is -0.110. The van der Waals surface area contributed by atoms with Gasteiger partial charge in [-0.05, 0) is 48.0 Å². The van der Waals surface area contributed by atoms with E-state index in [1.165, 1.54) is 18.2 Å². The monoisotopic (exact) mass is 469 g/mol. The third kappa shape index (κ3) is 3.55. The third-order valence-corrected chi connectivity index (χ3v) is 6.89. The number of hydrogen-bond acceptors (Lipinski definition) is 5. The number of hydrogen-bond donors (Lipinski definition) is 3. The van der Waals surface area contributed by atoms with Crippen molar-refractivity contribution in [3.8, 4) is 0 Å². The Balaban J connectivity index is 1.53. The number of carbonyl (C=O) groups is 2. The minimum absolute atomic E-state index is 0.00396. The van der Waals surface area contributed by atoms with Gasteiger partial charge in [-0.1, -0.05) is 17.7 Å². The van der Waals surface area contributed by atoms with Crippen LogP contribution in [0.4, 0.5) is 11.4 Å². The zero-order valence-electron chi connectivity index (χ0n) is 16.4. The average Bonchev–Trinajstić information content (AvgIpc) is 3.29. The van der Waals surface area contributed by atoms with Gasteiger partial charge in [0.2, 0.25) is 0 Å². The van der Waals surface area contributed by atoms with Crippen molar-refractivity contribution in [3.05, 3.63) is 76.1 Å². The Bertz CT molecular complexity index is 1430. The molecule has 0 spiro atoms. The van der Waals surface area contributed by atoms with E-state index in [4.69, 9.17) is 16.3 Å². The standard InChI is InChI=1S/C22H16ClN3O5S/c23-12-2-1-3-13(8-12)26-32(29,30)14-4-5-19-16(9-14)17(21(27)25-19)10-20-15-6-7-31-22(28)18(15)11-24-20/h1-5,8-11,24,26H,6-7H2,(H,25,27). The number of cyclic esters (lactones) is 1. The number of H-pyrrole nitrogens is 1. The molecule has 8 nitrogen and oxygen atoms in total. The van der Waals surface area contributed by atoms with Crippen molar-refractivity contribution in [2.24, 2.45) is 0 Å². The summed E-state index contributed by atoms with van der Waals surface area (Å²) in [5.41, 5.74) is 3.38. The van der Waals surface area contributed by atoms with Gasteiger partial charge in [0, 0.05) is 34.6 Å². The molecule has 0 atom stereocenters. The van der Waals surface area contributed by atoms with Crippen LogP contribution < -0.4 is 10.0 Å². The van der Waals surface area contributed by atoms with Crippen LogP contribution in [0.1, 0.15) is 27.2 Å². The highest BCUT2D eigenvalue weighted by atomic mass is 35.5. The second-order valence-electron chi connectivity index (χ2n) is 7.32. The molecular formula is C22H16ClN3O5S. The number of rotatable bonds is 4. The summed E-state index contributed by atoms with van der Waals surface area (Å²) in [6.45, 7) is 0.264. The SMILES string of the molecule is O=C1Nc2ccc(S(=O)(=O)Nc3cccc(Cl)c3)cc2C1=Cc1[nH]cc2c1CCOC2=O. The summed E-state index contributed by atoms with van der Waals surface area (Å²) in [6.07, 6.45) is 3.70. The van der Waals surface area contributed by atoms with Crippen LogP contribution in [0.2, 0.25) is 5.02 Å². The van der Waals surface area contributed by atoms with Crippen molar-refractivity contribution in [2.45, 2.75) is 11.3 Å². The van der Waals surface area contributed by atoms with Gasteiger partial charge in [0.15, 0.2) is 0 Å². The van der Waals surface area contributed by atoms with Crippen molar-refractivity contribution in [1.29, 1.82) is 0 Å². The summed E-state index contributed by atoms with van der Waals surface area (Å²) in [4.78, 5) is 27.5. The van der Waals surface area contributed by atoms with Gasteiger partial charge in [-0.3, -0.25) is 9.52 Å². The maximum atomic E-state index is 12.9. The van der Waals surface area contributed by atoms with Gasteiger partial charge in [0.1, 0.15) is 0 Å². The van der Waals surface area contributed by atoms with E-state index >= 15 is 0 Å². The molecule has 2 aliphatic heterocycles. The molecule has 0 saturated carbocycles. The van der Waals surface area contributed by atoms with Crippen molar-refractivity contribution in [1.82, 2.24) is 4.98 Å². The number of carbonyl (C=O) groups excluding carboxylic acids is 2. The molecule has 2 aliphatic rings. The predicted octanol–water partition coefficient (Wildman–Crippen LogP) is 3.67. The predicted molar refractivity (Wildman–Crippen MR) is 120 cm³/mol. The highest BCUT2D eigenvalue weighted by molar-refractivity contribution is 7.92. The number of nitrogens with one attached hydrogen (secondary N) is 3. The quantitative estimate of drug-likeness (QED) is 0.398. The van der Waals surface area contributed by atoms with Crippen LogP contribution in [0.3, 0.4) is 0 Å². The Kier molecular flexibility index (Phi) is 4.79. The number of aromatic nitrogens is 1. The minimum Gasteiger partial charge on any atom is -0.462 e. The fourth-order valence-corrected chi connectivity index (χ4v) is 5.03. The third-order valence-electron chi connectivity index (χ3n) is 5.28. The first-order valence-corrected chi connectivity index (χ1v) is 11.5. The minimum atomic E-state index is -3.92. The summed E-state index contributed by atoms with van der Waals surface area (Å²) in [5.74, 6) is -0.775. The van der Waals surface area contributed by atoms with E-state index in [2.05, 4.69) is 15.0 Å². The molecule has 3 heterocycles. The molecule has 0 aliphatic carbocycles. The Morgan fingerprint density at radius 1 is 1.09 bits per heavy atom. The Morgan fingerprint density at radius 2 is 1.94 bits per heavy atom. The van der Waals surface area contributed by atoms with Crippen LogP contribution in [-0.4, -0.2) is 31.9 Å². The highest BCUT2D eigenvalue weighted by Gasteiger charge is 2.29. The second-order valence-corrected chi connectivity index (χ2v) is 9.43. The highest BCUT2D eigenvalue weighted by Crippen LogP contribution is 2.36. The lowest BCUT2D eigenvalue weighted by Crippen LogP contribution is -2.16. The summed E-state index contributed by atoms with van der Waals surface area (Å²) in [7, 11) is -3.92. The maximum Gasteiger partial charge on any atom is 0.339 e. The van der Waals surface area contributed by atoms with Crippen LogP contribution in [0.25, 0.3) is 11.6 Å². The van der Waals surface area contributed by atoms with Gasteiger partial charge in [0.25, 0.3) is 15.9 Å². The Labute approximate surface area is 188 Å². The van der Waals surface area contributed by atoms with E-state index in [-0.39, 0.29) is 17.4 Å². The number of ether oxygens (including phenoxy) is 1. The lowest BCUT2D eigenvalue weighted by atomic mass is 10.0. The summed E-state index contributed by atoms with van der Waals surface area (Å²) in [5, 5.41) is 3.14. The first-order valence-electron chi connectivity index (χ1n) is 9.65. The normalized spacial score (nSPS) is 16.3. The lowest BCUT2D eigenvalue weighted by Gasteiger charge is -2.12. The van der Waals surface area contributed by atoms with Crippen molar-refractivity contribution in [2.75, 3.05) is 16.6 Å². The molecule has 0 bridgehead atoms. The van der Waals surface area contributed by atoms with Gasteiger partial charge >= 0.3 is 5.97 Å².